The zero-order chi connectivity index (χ0) is 10.4. The maximum atomic E-state index is 5.63. The molecule has 1 rings (SSSR count). The maximum absolute atomic E-state index is 5.63. The van der Waals surface area contributed by atoms with Crippen molar-refractivity contribution in [1.29, 1.82) is 0 Å². The first-order chi connectivity index (χ1) is 6.70. The number of hydrogen-bond donors (Lipinski definition) is 1. The van der Waals surface area contributed by atoms with Gasteiger partial charge in [-0.1, -0.05) is 13.8 Å². The van der Waals surface area contributed by atoms with Gasteiger partial charge in [-0.25, -0.2) is 4.98 Å². The molecule has 0 unspecified atom stereocenters. The highest BCUT2D eigenvalue weighted by Gasteiger charge is 1.99. The lowest BCUT2D eigenvalue weighted by Gasteiger charge is -2.08. The number of anilines is 1. The summed E-state index contributed by atoms with van der Waals surface area (Å²) >= 11 is 0. The lowest BCUT2D eigenvalue weighted by Crippen LogP contribution is -2.02. The van der Waals surface area contributed by atoms with Crippen LogP contribution in [0, 0.1) is 5.92 Å². The van der Waals surface area contributed by atoms with E-state index in [0.717, 1.165) is 12.3 Å². The predicted octanol–water partition coefficient (Wildman–Crippen LogP) is 2.48. The highest BCUT2D eigenvalue weighted by atomic mass is 16.5. The van der Waals surface area contributed by atoms with E-state index in [1.165, 1.54) is 6.42 Å². The summed E-state index contributed by atoms with van der Waals surface area (Å²) in [6, 6.07) is 3.67. The molecule has 0 radical (unpaired) electrons. The molecule has 0 aliphatic heterocycles. The van der Waals surface area contributed by atoms with Crippen LogP contribution in [0.4, 0.5) is 5.82 Å². The van der Waals surface area contributed by atoms with Crippen LogP contribution in [0.25, 0.3) is 0 Å². The van der Waals surface area contributed by atoms with Gasteiger partial charge < -0.3 is 10.5 Å². The van der Waals surface area contributed by atoms with Gasteiger partial charge in [0.25, 0.3) is 0 Å². The number of aromatic nitrogens is 1. The molecule has 1 aromatic heterocycles. The third-order valence-electron chi connectivity index (χ3n) is 1.98. The highest BCUT2D eigenvalue weighted by molar-refractivity contribution is 5.44. The number of pyridine rings is 1. The predicted molar refractivity (Wildman–Crippen MR) is 58.2 cm³/mol. The zero-order valence-corrected chi connectivity index (χ0v) is 8.86. The Hall–Kier alpha value is -1.25. The monoisotopic (exact) mass is 194 g/mol. The van der Waals surface area contributed by atoms with E-state index in [0.29, 0.717) is 18.2 Å². The van der Waals surface area contributed by atoms with Gasteiger partial charge in [-0.15, -0.1) is 0 Å². The minimum absolute atomic E-state index is 0.469. The standard InChI is InChI=1S/C11H18N2O/c1-9(2)5-4-8-14-10-6-3-7-13-11(10)12/h3,6-7,9H,4-5,8H2,1-2H3,(H2,12,13). The van der Waals surface area contributed by atoms with Gasteiger partial charge in [-0.2, -0.15) is 0 Å². The number of nitrogen functional groups attached to an aromatic ring is 1. The molecule has 14 heavy (non-hydrogen) atoms. The van der Waals surface area contributed by atoms with E-state index < -0.39 is 0 Å². The normalized spacial score (nSPS) is 10.5. The molecule has 0 spiro atoms. The first-order valence-corrected chi connectivity index (χ1v) is 5.03. The van der Waals surface area contributed by atoms with Crippen molar-refractivity contribution >= 4 is 5.82 Å². The topological polar surface area (TPSA) is 48.1 Å². The van der Waals surface area contributed by atoms with E-state index in [1.54, 1.807) is 6.20 Å². The van der Waals surface area contributed by atoms with Gasteiger partial charge in [-0.3, -0.25) is 0 Å². The van der Waals surface area contributed by atoms with Crippen molar-refractivity contribution < 1.29 is 4.74 Å². The molecule has 0 saturated carbocycles. The van der Waals surface area contributed by atoms with E-state index in [1.807, 2.05) is 12.1 Å². The van der Waals surface area contributed by atoms with Crippen LogP contribution in [0.1, 0.15) is 26.7 Å². The zero-order valence-electron chi connectivity index (χ0n) is 8.86. The summed E-state index contributed by atoms with van der Waals surface area (Å²) in [5.74, 6) is 1.89. The smallest absolute Gasteiger partial charge is 0.166 e. The summed E-state index contributed by atoms with van der Waals surface area (Å²) in [6.07, 6.45) is 3.91. The lowest BCUT2D eigenvalue weighted by atomic mass is 10.1. The second-order valence-electron chi connectivity index (χ2n) is 3.77. The summed E-state index contributed by atoms with van der Waals surface area (Å²) in [5, 5.41) is 0. The van der Waals surface area contributed by atoms with Crippen LogP contribution in [0.5, 0.6) is 5.75 Å². The van der Waals surface area contributed by atoms with Gasteiger partial charge in [0.15, 0.2) is 11.6 Å². The third-order valence-corrected chi connectivity index (χ3v) is 1.98. The molecule has 1 heterocycles. The first-order valence-electron chi connectivity index (χ1n) is 5.03. The van der Waals surface area contributed by atoms with Crippen molar-refractivity contribution in [3.63, 3.8) is 0 Å². The number of ether oxygens (including phenoxy) is 1. The van der Waals surface area contributed by atoms with E-state index in [2.05, 4.69) is 18.8 Å². The molecular weight excluding hydrogens is 176 g/mol. The van der Waals surface area contributed by atoms with Crippen LogP contribution in [-0.2, 0) is 0 Å². The fraction of sp³-hybridized carbons (Fsp3) is 0.545. The largest absolute Gasteiger partial charge is 0.490 e. The number of nitrogens with two attached hydrogens (primary N) is 1. The Bertz CT molecular complexity index is 274. The van der Waals surface area contributed by atoms with Crippen molar-refractivity contribution in [1.82, 2.24) is 4.98 Å². The summed E-state index contributed by atoms with van der Waals surface area (Å²) < 4.78 is 5.50. The molecule has 0 saturated heterocycles. The van der Waals surface area contributed by atoms with E-state index in [9.17, 15) is 0 Å². The lowest BCUT2D eigenvalue weighted by molar-refractivity contribution is 0.298. The van der Waals surface area contributed by atoms with Crippen LogP contribution < -0.4 is 10.5 Å². The molecule has 2 N–H and O–H groups in total. The van der Waals surface area contributed by atoms with Crippen LogP contribution in [0.3, 0.4) is 0 Å². The van der Waals surface area contributed by atoms with Gasteiger partial charge in [0.2, 0.25) is 0 Å². The Morgan fingerprint density at radius 1 is 1.50 bits per heavy atom. The molecule has 0 atom stereocenters. The van der Waals surface area contributed by atoms with Gasteiger partial charge in [0.05, 0.1) is 6.61 Å². The van der Waals surface area contributed by atoms with Crippen molar-refractivity contribution in [2.75, 3.05) is 12.3 Å². The highest BCUT2D eigenvalue weighted by Crippen LogP contribution is 2.17. The van der Waals surface area contributed by atoms with Crippen molar-refractivity contribution in [3.8, 4) is 5.75 Å². The van der Waals surface area contributed by atoms with E-state index in [-0.39, 0.29) is 0 Å². The first kappa shape index (κ1) is 10.8. The Labute approximate surface area is 85.3 Å². The van der Waals surface area contributed by atoms with E-state index >= 15 is 0 Å². The Morgan fingerprint density at radius 2 is 2.29 bits per heavy atom. The second-order valence-corrected chi connectivity index (χ2v) is 3.77. The molecule has 78 valence electrons. The van der Waals surface area contributed by atoms with Crippen LogP contribution in [0.15, 0.2) is 18.3 Å². The van der Waals surface area contributed by atoms with Crippen molar-refractivity contribution in [3.05, 3.63) is 18.3 Å². The maximum Gasteiger partial charge on any atom is 0.166 e. The Morgan fingerprint density at radius 3 is 2.93 bits per heavy atom. The minimum Gasteiger partial charge on any atom is -0.490 e. The molecule has 3 heteroatoms. The number of hydrogen-bond acceptors (Lipinski definition) is 3. The SMILES string of the molecule is CC(C)CCCOc1cccnc1N. The number of rotatable bonds is 5. The minimum atomic E-state index is 0.469. The van der Waals surface area contributed by atoms with Crippen LogP contribution in [0.2, 0.25) is 0 Å². The van der Waals surface area contributed by atoms with Gasteiger partial charge >= 0.3 is 0 Å². The molecule has 0 fully saturated rings. The summed E-state index contributed by atoms with van der Waals surface area (Å²) in [5.41, 5.74) is 5.63. The molecule has 0 bridgehead atoms. The summed E-state index contributed by atoms with van der Waals surface area (Å²) in [6.45, 7) is 5.13. The average molecular weight is 194 g/mol. The molecule has 1 aromatic rings. The second kappa shape index (κ2) is 5.47. The Balaban J connectivity index is 2.28. The molecule has 0 aliphatic rings. The number of nitrogens with zero attached hydrogens (tertiary/aromatic N) is 1. The molecule has 3 nitrogen and oxygen atoms in total. The van der Waals surface area contributed by atoms with Gasteiger partial charge in [0, 0.05) is 6.20 Å². The van der Waals surface area contributed by atoms with Crippen molar-refractivity contribution in [2.45, 2.75) is 26.7 Å². The van der Waals surface area contributed by atoms with E-state index in [4.69, 9.17) is 10.5 Å². The van der Waals surface area contributed by atoms with Crippen LogP contribution >= 0.6 is 0 Å². The van der Waals surface area contributed by atoms with Gasteiger partial charge in [-0.05, 0) is 30.9 Å². The van der Waals surface area contributed by atoms with Crippen molar-refractivity contribution in [2.24, 2.45) is 5.92 Å². The Kier molecular flexibility index (Phi) is 4.23. The average Bonchev–Trinajstić information content (AvgIpc) is 2.15. The molecular formula is C11H18N2O. The van der Waals surface area contributed by atoms with Crippen LogP contribution in [-0.4, -0.2) is 11.6 Å². The third kappa shape index (κ3) is 3.64. The fourth-order valence-electron chi connectivity index (χ4n) is 1.20. The summed E-state index contributed by atoms with van der Waals surface area (Å²) in [4.78, 5) is 3.95. The molecule has 0 aliphatic carbocycles. The molecule has 0 aromatic carbocycles. The fourth-order valence-corrected chi connectivity index (χ4v) is 1.20. The summed E-state index contributed by atoms with van der Waals surface area (Å²) in [7, 11) is 0. The molecule has 0 amide bonds. The quantitative estimate of drug-likeness (QED) is 0.732. The van der Waals surface area contributed by atoms with Gasteiger partial charge in [0.1, 0.15) is 0 Å².